The Bertz CT molecular complexity index is 762. The molecule has 7 nitrogen and oxygen atoms in total. The first kappa shape index (κ1) is 23.9. The molecule has 0 aromatic carbocycles. The number of amides is 2. The normalized spacial score (nSPS) is 15.4. The summed E-state index contributed by atoms with van der Waals surface area (Å²) >= 11 is 0. The fourth-order valence-corrected chi connectivity index (χ4v) is 3.30. The summed E-state index contributed by atoms with van der Waals surface area (Å²) in [5.41, 5.74) is -0.588. The first-order valence-corrected chi connectivity index (χ1v) is 10.0. The molecule has 168 valence electrons. The summed E-state index contributed by atoms with van der Waals surface area (Å²) < 4.78 is 44.3. The lowest BCUT2D eigenvalue weighted by atomic mass is 9.91. The van der Waals surface area contributed by atoms with Crippen LogP contribution in [0.3, 0.4) is 0 Å². The number of aromatic nitrogens is 1. The van der Waals surface area contributed by atoms with Crippen LogP contribution in [0, 0.1) is 0 Å². The number of carbonyl (C=O) groups excluding carboxylic acids is 2. The minimum Gasteiger partial charge on any atom is -0.465 e. The first-order chi connectivity index (χ1) is 14.1. The van der Waals surface area contributed by atoms with Gasteiger partial charge in [0, 0.05) is 26.1 Å². The second-order valence-electron chi connectivity index (χ2n) is 7.34. The molecular weight excluding hydrogens is 403 g/mol. The molecule has 1 atom stereocenters. The Balaban J connectivity index is 2.36. The predicted molar refractivity (Wildman–Crippen MR) is 103 cm³/mol. The number of alkyl halides is 3. The standard InChI is InChI=1S/C20H28F3N3O4/c1-4-19(5-2,18(29)24-3)26-17(28)16-13(12-6-7-12)8-9-15(25-16)30-14(10-11-27)20(21,22)23/h8-9,12,14,27H,4-7,10-11H2,1-3H3,(H,24,29)(H,26,28)/t14-/m1/s1. The largest absolute Gasteiger partial charge is 0.465 e. The van der Waals surface area contributed by atoms with Crippen LogP contribution in [0.5, 0.6) is 5.88 Å². The van der Waals surface area contributed by atoms with Gasteiger partial charge in [0.15, 0.2) is 6.10 Å². The number of halogens is 3. The second kappa shape index (κ2) is 9.63. The molecule has 1 saturated carbocycles. The molecule has 1 fully saturated rings. The van der Waals surface area contributed by atoms with Crippen LogP contribution in [0.2, 0.25) is 0 Å². The number of carbonyl (C=O) groups is 2. The van der Waals surface area contributed by atoms with Crippen molar-refractivity contribution in [3.05, 3.63) is 23.4 Å². The van der Waals surface area contributed by atoms with Gasteiger partial charge in [0.1, 0.15) is 11.2 Å². The van der Waals surface area contributed by atoms with Crippen molar-refractivity contribution in [2.45, 2.75) is 69.7 Å². The number of rotatable bonds is 10. The van der Waals surface area contributed by atoms with Gasteiger partial charge in [-0.2, -0.15) is 13.2 Å². The third kappa shape index (κ3) is 5.41. The fourth-order valence-electron chi connectivity index (χ4n) is 3.30. The Morgan fingerprint density at radius 1 is 1.27 bits per heavy atom. The summed E-state index contributed by atoms with van der Waals surface area (Å²) in [7, 11) is 1.47. The van der Waals surface area contributed by atoms with E-state index in [9.17, 15) is 22.8 Å². The summed E-state index contributed by atoms with van der Waals surface area (Å²) in [4.78, 5) is 29.5. The van der Waals surface area contributed by atoms with E-state index in [-0.39, 0.29) is 23.4 Å². The van der Waals surface area contributed by atoms with E-state index < -0.39 is 36.8 Å². The number of pyridine rings is 1. The predicted octanol–water partition coefficient (Wildman–Crippen LogP) is 2.69. The molecule has 1 aliphatic rings. The molecule has 0 aliphatic heterocycles. The highest BCUT2D eigenvalue weighted by Crippen LogP contribution is 2.42. The summed E-state index contributed by atoms with van der Waals surface area (Å²) in [6.07, 6.45) is -5.23. The molecule has 1 aromatic rings. The van der Waals surface area contributed by atoms with Gasteiger partial charge in [0.25, 0.3) is 5.91 Å². The molecule has 10 heteroatoms. The number of nitrogens with zero attached hydrogens (tertiary/aromatic N) is 1. The lowest BCUT2D eigenvalue weighted by Gasteiger charge is -2.31. The van der Waals surface area contributed by atoms with Crippen LogP contribution in [-0.2, 0) is 4.79 Å². The van der Waals surface area contributed by atoms with Gasteiger partial charge in [-0.1, -0.05) is 19.9 Å². The van der Waals surface area contributed by atoms with E-state index in [4.69, 9.17) is 9.84 Å². The smallest absolute Gasteiger partial charge is 0.425 e. The number of likely N-dealkylation sites (N-methyl/N-ethyl adjacent to an activating group) is 1. The molecule has 0 saturated heterocycles. The molecule has 0 unspecified atom stereocenters. The molecule has 0 spiro atoms. The summed E-state index contributed by atoms with van der Waals surface area (Å²) in [6.45, 7) is 2.81. The van der Waals surface area contributed by atoms with Gasteiger partial charge in [-0.3, -0.25) is 9.59 Å². The number of hydrogen-bond donors (Lipinski definition) is 3. The van der Waals surface area contributed by atoms with Crippen LogP contribution in [0.1, 0.15) is 67.9 Å². The molecular formula is C20H28F3N3O4. The minimum absolute atomic E-state index is 0.0462. The Labute approximate surface area is 173 Å². The molecule has 1 aliphatic carbocycles. The molecule has 2 rings (SSSR count). The Hall–Kier alpha value is -2.36. The quantitative estimate of drug-likeness (QED) is 0.529. The lowest BCUT2D eigenvalue weighted by Crippen LogP contribution is -2.57. The van der Waals surface area contributed by atoms with Crippen molar-refractivity contribution in [3.8, 4) is 5.88 Å². The average molecular weight is 431 g/mol. The minimum atomic E-state index is -4.69. The van der Waals surface area contributed by atoms with Gasteiger partial charge >= 0.3 is 6.18 Å². The SMILES string of the molecule is CCC(CC)(NC(=O)c1nc(O[C@H](CCO)C(F)(F)F)ccc1C1CC1)C(=O)NC. The molecule has 1 heterocycles. The molecule has 0 radical (unpaired) electrons. The third-order valence-electron chi connectivity index (χ3n) is 5.37. The summed E-state index contributed by atoms with van der Waals surface area (Å²) in [5.74, 6) is -1.26. The van der Waals surface area contributed by atoms with E-state index in [2.05, 4.69) is 15.6 Å². The number of hydrogen-bond acceptors (Lipinski definition) is 5. The van der Waals surface area contributed by atoms with Crippen molar-refractivity contribution in [3.63, 3.8) is 0 Å². The highest BCUT2D eigenvalue weighted by molar-refractivity contribution is 5.99. The zero-order valence-corrected chi connectivity index (χ0v) is 17.3. The molecule has 1 aromatic heterocycles. The lowest BCUT2D eigenvalue weighted by molar-refractivity contribution is -0.199. The fraction of sp³-hybridized carbons (Fsp3) is 0.650. The number of nitrogens with one attached hydrogen (secondary N) is 2. The van der Waals surface area contributed by atoms with Crippen LogP contribution < -0.4 is 15.4 Å². The van der Waals surface area contributed by atoms with Crippen LogP contribution in [-0.4, -0.2) is 53.4 Å². The van der Waals surface area contributed by atoms with Crippen molar-refractivity contribution in [2.24, 2.45) is 0 Å². The van der Waals surface area contributed by atoms with Crippen molar-refractivity contribution in [1.82, 2.24) is 15.6 Å². The van der Waals surface area contributed by atoms with E-state index in [0.29, 0.717) is 18.4 Å². The van der Waals surface area contributed by atoms with Crippen LogP contribution >= 0.6 is 0 Å². The van der Waals surface area contributed by atoms with Crippen molar-refractivity contribution in [2.75, 3.05) is 13.7 Å². The van der Waals surface area contributed by atoms with Gasteiger partial charge < -0.3 is 20.5 Å². The second-order valence-corrected chi connectivity index (χ2v) is 7.34. The number of aliphatic hydroxyl groups is 1. The zero-order chi connectivity index (χ0) is 22.5. The monoisotopic (exact) mass is 431 g/mol. The molecule has 3 N–H and O–H groups in total. The maximum absolute atomic E-state index is 13.1. The topological polar surface area (TPSA) is 101 Å². The van der Waals surface area contributed by atoms with Gasteiger partial charge in [-0.05, 0) is 37.2 Å². The Morgan fingerprint density at radius 2 is 1.90 bits per heavy atom. The van der Waals surface area contributed by atoms with Crippen LogP contribution in [0.25, 0.3) is 0 Å². The summed E-state index contributed by atoms with van der Waals surface area (Å²) in [6, 6.07) is 2.84. The van der Waals surface area contributed by atoms with Gasteiger partial charge in [-0.15, -0.1) is 0 Å². The van der Waals surface area contributed by atoms with Crippen molar-refractivity contribution >= 4 is 11.8 Å². The van der Waals surface area contributed by atoms with Crippen molar-refractivity contribution in [1.29, 1.82) is 0 Å². The van der Waals surface area contributed by atoms with Gasteiger partial charge in [0.05, 0.1) is 0 Å². The van der Waals surface area contributed by atoms with Gasteiger partial charge in [0.2, 0.25) is 11.8 Å². The van der Waals surface area contributed by atoms with Crippen molar-refractivity contribution < 1.29 is 32.6 Å². The van der Waals surface area contributed by atoms with Crippen LogP contribution in [0.4, 0.5) is 13.2 Å². The third-order valence-corrected chi connectivity index (χ3v) is 5.37. The van der Waals surface area contributed by atoms with Crippen LogP contribution in [0.15, 0.2) is 12.1 Å². The van der Waals surface area contributed by atoms with Gasteiger partial charge in [-0.25, -0.2) is 4.98 Å². The highest BCUT2D eigenvalue weighted by Gasteiger charge is 2.42. The number of ether oxygens (including phenoxy) is 1. The summed E-state index contributed by atoms with van der Waals surface area (Å²) in [5, 5.41) is 14.2. The molecule has 2 amide bonds. The van der Waals surface area contributed by atoms with E-state index in [1.165, 1.54) is 13.1 Å². The average Bonchev–Trinajstić information content (AvgIpc) is 3.55. The highest BCUT2D eigenvalue weighted by atomic mass is 19.4. The van der Waals surface area contributed by atoms with E-state index >= 15 is 0 Å². The molecule has 0 bridgehead atoms. The number of aliphatic hydroxyl groups excluding tert-OH is 1. The maximum atomic E-state index is 13.1. The van der Waals surface area contributed by atoms with E-state index in [1.807, 2.05) is 0 Å². The van der Waals surface area contributed by atoms with E-state index in [0.717, 1.165) is 12.8 Å². The van der Waals surface area contributed by atoms with E-state index in [1.54, 1.807) is 19.9 Å². The molecule has 30 heavy (non-hydrogen) atoms. The zero-order valence-electron chi connectivity index (χ0n) is 17.3. The maximum Gasteiger partial charge on any atom is 0.425 e. The Kier molecular flexibility index (Phi) is 7.68. The Morgan fingerprint density at radius 3 is 2.37 bits per heavy atom. The first-order valence-electron chi connectivity index (χ1n) is 10.0.